The molecular weight excluding hydrogens is 397 g/mol. The van der Waals surface area contributed by atoms with Crippen molar-refractivity contribution >= 4 is 39.1 Å². The first-order valence-electron chi connectivity index (χ1n) is 8.00. The number of hydrogen-bond acceptors (Lipinski definition) is 4. The lowest BCUT2D eigenvalue weighted by atomic mass is 10.2. The van der Waals surface area contributed by atoms with Gasteiger partial charge in [-0.15, -0.1) is 0 Å². The van der Waals surface area contributed by atoms with Crippen LogP contribution in [0.2, 0.25) is 10.0 Å². The highest BCUT2D eigenvalue weighted by Crippen LogP contribution is 2.25. The van der Waals surface area contributed by atoms with Crippen molar-refractivity contribution in [2.24, 2.45) is 0 Å². The minimum Gasteiger partial charge on any atom is -0.340 e. The highest BCUT2D eigenvalue weighted by molar-refractivity contribution is 7.89. The van der Waals surface area contributed by atoms with Crippen LogP contribution in [0, 0.1) is 0 Å². The Kier molecular flexibility index (Phi) is 5.82. The van der Waals surface area contributed by atoms with Gasteiger partial charge in [0.1, 0.15) is 0 Å². The second kappa shape index (κ2) is 7.92. The molecule has 138 valence electrons. The predicted octanol–water partition coefficient (Wildman–Crippen LogP) is 2.46. The number of benzene rings is 1. The molecule has 2 aromatic rings. The lowest BCUT2D eigenvalue weighted by molar-refractivity contribution is -0.131. The van der Waals surface area contributed by atoms with Crippen LogP contribution in [0.15, 0.2) is 47.5 Å². The molecule has 0 atom stereocenters. The van der Waals surface area contributed by atoms with Gasteiger partial charge in [-0.05, 0) is 30.3 Å². The van der Waals surface area contributed by atoms with Crippen LogP contribution in [-0.4, -0.2) is 54.7 Å². The quantitative estimate of drug-likeness (QED) is 0.771. The van der Waals surface area contributed by atoms with Crippen LogP contribution in [-0.2, 0) is 21.2 Å². The minimum absolute atomic E-state index is 0.0586. The molecule has 26 heavy (non-hydrogen) atoms. The standard InChI is InChI=1S/C17H17Cl2N3O3S/c18-13-9-14(19)11-16(10-13)26(24,25)22-7-5-21(6-8-22)17(23)12-15-3-1-2-4-20-15/h1-4,9-11H,5-8,12H2. The summed E-state index contributed by atoms with van der Waals surface area (Å²) in [6.45, 7) is 1.11. The lowest BCUT2D eigenvalue weighted by Crippen LogP contribution is -2.50. The van der Waals surface area contributed by atoms with E-state index in [-0.39, 0.29) is 40.4 Å². The Bertz CT molecular complexity index is 878. The molecule has 0 unspecified atom stereocenters. The zero-order valence-corrected chi connectivity index (χ0v) is 16.1. The summed E-state index contributed by atoms with van der Waals surface area (Å²) in [5, 5.41) is 0.528. The van der Waals surface area contributed by atoms with Gasteiger partial charge in [-0.1, -0.05) is 29.3 Å². The van der Waals surface area contributed by atoms with Crippen molar-refractivity contribution in [1.82, 2.24) is 14.2 Å². The summed E-state index contributed by atoms with van der Waals surface area (Å²) in [5.41, 5.74) is 0.695. The van der Waals surface area contributed by atoms with Gasteiger partial charge in [0.05, 0.1) is 11.3 Å². The summed E-state index contributed by atoms with van der Waals surface area (Å²) in [4.78, 5) is 18.2. The van der Waals surface area contributed by atoms with Crippen LogP contribution < -0.4 is 0 Å². The first-order chi connectivity index (χ1) is 12.4. The first-order valence-corrected chi connectivity index (χ1v) is 10.2. The third-order valence-corrected chi connectivity index (χ3v) is 6.44. The zero-order chi connectivity index (χ0) is 18.7. The average Bonchev–Trinajstić information content (AvgIpc) is 2.62. The Morgan fingerprint density at radius 2 is 1.69 bits per heavy atom. The van der Waals surface area contributed by atoms with E-state index in [9.17, 15) is 13.2 Å². The first kappa shape index (κ1) is 19.1. The molecular formula is C17H17Cl2N3O3S. The average molecular weight is 414 g/mol. The molecule has 1 aromatic carbocycles. The summed E-state index contributed by atoms with van der Waals surface area (Å²) in [7, 11) is -3.70. The Morgan fingerprint density at radius 3 is 2.27 bits per heavy atom. The molecule has 0 saturated carbocycles. The Hall–Kier alpha value is -1.67. The predicted molar refractivity (Wildman–Crippen MR) is 99.7 cm³/mol. The van der Waals surface area contributed by atoms with E-state index in [2.05, 4.69) is 4.98 Å². The van der Waals surface area contributed by atoms with E-state index in [1.165, 1.54) is 22.5 Å². The van der Waals surface area contributed by atoms with Crippen molar-refractivity contribution in [3.63, 3.8) is 0 Å². The third kappa shape index (κ3) is 4.35. The van der Waals surface area contributed by atoms with E-state index in [4.69, 9.17) is 23.2 Å². The SMILES string of the molecule is O=C(Cc1ccccn1)N1CCN(S(=O)(=O)c2cc(Cl)cc(Cl)c2)CC1. The van der Waals surface area contributed by atoms with Crippen molar-refractivity contribution in [1.29, 1.82) is 0 Å². The molecule has 1 aromatic heterocycles. The maximum Gasteiger partial charge on any atom is 0.243 e. The van der Waals surface area contributed by atoms with Crippen LogP contribution in [0.4, 0.5) is 0 Å². The summed E-state index contributed by atoms with van der Waals surface area (Å²) in [6, 6.07) is 9.65. The van der Waals surface area contributed by atoms with Gasteiger partial charge in [-0.2, -0.15) is 4.31 Å². The van der Waals surface area contributed by atoms with Gasteiger partial charge in [0.25, 0.3) is 0 Å². The molecule has 1 aliphatic heterocycles. The third-order valence-electron chi connectivity index (χ3n) is 4.12. The molecule has 1 fully saturated rings. The molecule has 0 radical (unpaired) electrons. The topological polar surface area (TPSA) is 70.6 Å². The molecule has 1 aliphatic rings. The Morgan fingerprint density at radius 1 is 1.04 bits per heavy atom. The van der Waals surface area contributed by atoms with E-state index in [1.807, 2.05) is 6.07 Å². The fraction of sp³-hybridized carbons (Fsp3) is 0.294. The van der Waals surface area contributed by atoms with Gasteiger partial charge in [0, 0.05) is 48.1 Å². The Balaban J connectivity index is 1.65. The number of hydrogen-bond donors (Lipinski definition) is 0. The van der Waals surface area contributed by atoms with Crippen molar-refractivity contribution in [2.45, 2.75) is 11.3 Å². The molecule has 0 aliphatic carbocycles. The minimum atomic E-state index is -3.70. The van der Waals surface area contributed by atoms with Crippen molar-refractivity contribution in [3.05, 3.63) is 58.3 Å². The summed E-state index contributed by atoms with van der Waals surface area (Å²) < 4.78 is 26.9. The second-order valence-electron chi connectivity index (χ2n) is 5.89. The maximum absolute atomic E-state index is 12.8. The second-order valence-corrected chi connectivity index (χ2v) is 8.70. The van der Waals surface area contributed by atoms with Crippen LogP contribution >= 0.6 is 23.2 Å². The van der Waals surface area contributed by atoms with E-state index < -0.39 is 10.0 Å². The zero-order valence-electron chi connectivity index (χ0n) is 13.8. The largest absolute Gasteiger partial charge is 0.340 e. The molecule has 0 bridgehead atoms. The highest BCUT2D eigenvalue weighted by atomic mass is 35.5. The van der Waals surface area contributed by atoms with Crippen LogP contribution in [0.5, 0.6) is 0 Å². The number of carbonyl (C=O) groups is 1. The fourth-order valence-electron chi connectivity index (χ4n) is 2.77. The number of sulfonamides is 1. The van der Waals surface area contributed by atoms with Gasteiger partial charge in [-0.3, -0.25) is 9.78 Å². The van der Waals surface area contributed by atoms with Gasteiger partial charge in [0.2, 0.25) is 15.9 Å². The number of pyridine rings is 1. The van der Waals surface area contributed by atoms with Crippen molar-refractivity contribution < 1.29 is 13.2 Å². The lowest BCUT2D eigenvalue weighted by Gasteiger charge is -2.34. The summed E-state index contributed by atoms with van der Waals surface area (Å²) in [5.74, 6) is -0.0634. The number of carbonyl (C=O) groups excluding carboxylic acids is 1. The molecule has 0 N–H and O–H groups in total. The van der Waals surface area contributed by atoms with Crippen LogP contribution in [0.1, 0.15) is 5.69 Å². The van der Waals surface area contributed by atoms with Gasteiger partial charge in [0.15, 0.2) is 0 Å². The van der Waals surface area contributed by atoms with Gasteiger partial charge in [-0.25, -0.2) is 8.42 Å². The molecule has 9 heteroatoms. The van der Waals surface area contributed by atoms with E-state index in [1.54, 1.807) is 23.2 Å². The summed E-state index contributed by atoms with van der Waals surface area (Å²) >= 11 is 11.8. The number of rotatable bonds is 4. The molecule has 1 saturated heterocycles. The van der Waals surface area contributed by atoms with Gasteiger partial charge < -0.3 is 4.90 Å². The molecule has 1 amide bonds. The number of halogens is 2. The van der Waals surface area contributed by atoms with Crippen LogP contribution in [0.3, 0.4) is 0 Å². The van der Waals surface area contributed by atoms with E-state index in [0.29, 0.717) is 18.8 Å². The monoisotopic (exact) mass is 413 g/mol. The van der Waals surface area contributed by atoms with E-state index in [0.717, 1.165) is 0 Å². The molecule has 3 rings (SSSR count). The fourth-order valence-corrected chi connectivity index (χ4v) is 4.92. The van der Waals surface area contributed by atoms with E-state index >= 15 is 0 Å². The normalized spacial score (nSPS) is 15.8. The maximum atomic E-state index is 12.8. The number of nitrogens with zero attached hydrogens (tertiary/aromatic N) is 3. The number of aromatic nitrogens is 1. The number of piperazine rings is 1. The van der Waals surface area contributed by atoms with Crippen molar-refractivity contribution in [2.75, 3.05) is 26.2 Å². The summed E-state index contributed by atoms with van der Waals surface area (Å²) in [6.07, 6.45) is 1.85. The Labute approximate surface area is 162 Å². The molecule has 2 heterocycles. The van der Waals surface area contributed by atoms with Gasteiger partial charge >= 0.3 is 0 Å². The number of amides is 1. The smallest absolute Gasteiger partial charge is 0.243 e. The highest BCUT2D eigenvalue weighted by Gasteiger charge is 2.30. The molecule has 0 spiro atoms. The molecule has 6 nitrogen and oxygen atoms in total. The van der Waals surface area contributed by atoms with Crippen LogP contribution in [0.25, 0.3) is 0 Å². The van der Waals surface area contributed by atoms with Crippen molar-refractivity contribution in [3.8, 4) is 0 Å².